The first kappa shape index (κ1) is 14.2. The van der Waals surface area contributed by atoms with Crippen LogP contribution in [-0.4, -0.2) is 17.3 Å². The number of nitrogens with zero attached hydrogens (tertiary/aromatic N) is 1. The van der Waals surface area contributed by atoms with Crippen molar-refractivity contribution in [3.05, 3.63) is 58.0 Å². The summed E-state index contributed by atoms with van der Waals surface area (Å²) in [4.78, 5) is 23.7. The average molecular weight is 300 g/mol. The molecule has 114 valence electrons. The topological polar surface area (TPSA) is 69.6 Å². The fourth-order valence-corrected chi connectivity index (χ4v) is 2.20. The Kier molecular flexibility index (Phi) is 3.82. The summed E-state index contributed by atoms with van der Waals surface area (Å²) in [7, 11) is 0. The molecule has 1 amide bonds. The number of aryl methyl sites for hydroxylation is 1. The molecule has 2 aromatic rings. The van der Waals surface area contributed by atoms with E-state index in [2.05, 4.69) is 5.32 Å². The first-order valence-corrected chi connectivity index (χ1v) is 6.94. The lowest BCUT2D eigenvalue weighted by Gasteiger charge is -2.08. The Morgan fingerprint density at radius 3 is 2.86 bits per heavy atom. The molecule has 1 aliphatic rings. The minimum absolute atomic E-state index is 0.00364. The molecule has 0 saturated heterocycles. The van der Waals surface area contributed by atoms with Gasteiger partial charge in [-0.1, -0.05) is 6.07 Å². The van der Waals surface area contributed by atoms with Gasteiger partial charge in [0, 0.05) is 18.8 Å². The molecule has 1 aromatic heterocycles. The van der Waals surface area contributed by atoms with Crippen molar-refractivity contribution in [2.45, 2.75) is 20.0 Å². The molecule has 0 saturated carbocycles. The molecular formula is C16H16N2O4. The van der Waals surface area contributed by atoms with Gasteiger partial charge in [-0.2, -0.15) is 0 Å². The Labute approximate surface area is 127 Å². The minimum Gasteiger partial charge on any atom is -0.454 e. The van der Waals surface area contributed by atoms with E-state index < -0.39 is 0 Å². The van der Waals surface area contributed by atoms with Gasteiger partial charge in [0.05, 0.1) is 0 Å². The Balaban J connectivity index is 1.59. The van der Waals surface area contributed by atoms with Crippen LogP contribution >= 0.6 is 0 Å². The van der Waals surface area contributed by atoms with Crippen LogP contribution in [0.1, 0.15) is 11.1 Å². The predicted octanol–water partition coefficient (Wildman–Crippen LogP) is 1.20. The van der Waals surface area contributed by atoms with Gasteiger partial charge >= 0.3 is 0 Å². The summed E-state index contributed by atoms with van der Waals surface area (Å²) in [6.07, 6.45) is 1.62. The number of hydrogen-bond donors (Lipinski definition) is 1. The molecular weight excluding hydrogens is 284 g/mol. The average Bonchev–Trinajstić information content (AvgIpc) is 2.95. The van der Waals surface area contributed by atoms with Crippen LogP contribution < -0.4 is 20.3 Å². The largest absolute Gasteiger partial charge is 0.454 e. The molecule has 6 nitrogen and oxygen atoms in total. The fourth-order valence-electron chi connectivity index (χ4n) is 2.20. The lowest BCUT2D eigenvalue weighted by atomic mass is 10.2. The highest BCUT2D eigenvalue weighted by Crippen LogP contribution is 2.32. The van der Waals surface area contributed by atoms with Crippen LogP contribution in [0.15, 0.2) is 41.3 Å². The van der Waals surface area contributed by atoms with Crippen molar-refractivity contribution in [3.8, 4) is 11.5 Å². The molecule has 0 atom stereocenters. The van der Waals surface area contributed by atoms with E-state index in [1.165, 1.54) is 10.6 Å². The van der Waals surface area contributed by atoms with Crippen LogP contribution in [0, 0.1) is 6.92 Å². The second kappa shape index (κ2) is 5.93. The van der Waals surface area contributed by atoms with Crippen LogP contribution in [0.3, 0.4) is 0 Å². The smallest absolute Gasteiger partial charge is 0.251 e. The van der Waals surface area contributed by atoms with E-state index in [0.29, 0.717) is 18.0 Å². The Morgan fingerprint density at radius 2 is 2.05 bits per heavy atom. The highest BCUT2D eigenvalue weighted by atomic mass is 16.7. The zero-order valence-corrected chi connectivity index (χ0v) is 12.2. The Morgan fingerprint density at radius 1 is 1.23 bits per heavy atom. The normalized spacial score (nSPS) is 12.2. The van der Waals surface area contributed by atoms with Crippen molar-refractivity contribution in [2.24, 2.45) is 0 Å². The highest BCUT2D eigenvalue weighted by molar-refractivity contribution is 5.75. The van der Waals surface area contributed by atoms with Crippen molar-refractivity contribution >= 4 is 5.91 Å². The minimum atomic E-state index is -0.219. The number of nitrogens with one attached hydrogen (secondary N) is 1. The number of rotatable bonds is 4. The summed E-state index contributed by atoms with van der Waals surface area (Å²) in [5.74, 6) is 1.17. The third kappa shape index (κ3) is 3.11. The monoisotopic (exact) mass is 300 g/mol. The van der Waals surface area contributed by atoms with Crippen LogP contribution in [0.5, 0.6) is 11.5 Å². The van der Waals surface area contributed by atoms with Gasteiger partial charge in [0.1, 0.15) is 6.54 Å². The number of carbonyl (C=O) groups excluding carboxylic acids is 1. The number of hydrogen-bond acceptors (Lipinski definition) is 4. The van der Waals surface area contributed by atoms with Crippen molar-refractivity contribution in [3.63, 3.8) is 0 Å². The van der Waals surface area contributed by atoms with E-state index in [0.717, 1.165) is 11.1 Å². The maximum absolute atomic E-state index is 11.9. The van der Waals surface area contributed by atoms with Gasteiger partial charge in [-0.05, 0) is 36.2 Å². The number of aromatic nitrogens is 1. The van der Waals surface area contributed by atoms with Crippen LogP contribution in [0.25, 0.3) is 0 Å². The zero-order chi connectivity index (χ0) is 15.5. The number of pyridine rings is 1. The predicted molar refractivity (Wildman–Crippen MR) is 79.9 cm³/mol. The van der Waals surface area contributed by atoms with Gasteiger partial charge in [-0.25, -0.2) is 0 Å². The van der Waals surface area contributed by atoms with Gasteiger partial charge in [0.2, 0.25) is 12.7 Å². The molecule has 1 aliphatic heterocycles. The lowest BCUT2D eigenvalue weighted by Crippen LogP contribution is -2.31. The zero-order valence-electron chi connectivity index (χ0n) is 12.2. The van der Waals surface area contributed by atoms with Gasteiger partial charge < -0.3 is 19.4 Å². The molecule has 0 spiro atoms. The van der Waals surface area contributed by atoms with E-state index in [9.17, 15) is 9.59 Å². The fraction of sp³-hybridized carbons (Fsp3) is 0.250. The first-order chi connectivity index (χ1) is 10.6. The molecule has 0 fully saturated rings. The highest BCUT2D eigenvalue weighted by Gasteiger charge is 2.13. The SMILES string of the molecule is Cc1ccn(CC(=O)NCc2ccc3c(c2)OCO3)c(=O)c1. The molecule has 6 heteroatoms. The molecule has 0 radical (unpaired) electrons. The molecule has 22 heavy (non-hydrogen) atoms. The quantitative estimate of drug-likeness (QED) is 0.921. The number of ether oxygens (including phenoxy) is 2. The molecule has 0 bridgehead atoms. The van der Waals surface area contributed by atoms with Crippen molar-refractivity contribution in [1.82, 2.24) is 9.88 Å². The summed E-state index contributed by atoms with van der Waals surface area (Å²) in [6.45, 7) is 2.44. The van der Waals surface area contributed by atoms with E-state index in [4.69, 9.17) is 9.47 Å². The van der Waals surface area contributed by atoms with E-state index >= 15 is 0 Å². The summed E-state index contributed by atoms with van der Waals surface area (Å²) >= 11 is 0. The third-order valence-electron chi connectivity index (χ3n) is 3.39. The van der Waals surface area contributed by atoms with Crippen molar-refractivity contribution < 1.29 is 14.3 Å². The maximum atomic E-state index is 11.9. The van der Waals surface area contributed by atoms with E-state index in [1.54, 1.807) is 12.3 Å². The molecule has 0 aliphatic carbocycles. The number of fused-ring (bicyclic) bond motifs is 1. The second-order valence-electron chi connectivity index (χ2n) is 5.13. The van der Waals surface area contributed by atoms with Crippen LogP contribution in [0.4, 0.5) is 0 Å². The first-order valence-electron chi connectivity index (χ1n) is 6.94. The van der Waals surface area contributed by atoms with E-state index in [-0.39, 0.29) is 24.8 Å². The molecule has 3 rings (SSSR count). The third-order valence-corrected chi connectivity index (χ3v) is 3.39. The van der Waals surface area contributed by atoms with Gasteiger partial charge in [0.15, 0.2) is 11.5 Å². The van der Waals surface area contributed by atoms with Gasteiger partial charge in [-0.3, -0.25) is 9.59 Å². The summed E-state index contributed by atoms with van der Waals surface area (Å²) in [5, 5.41) is 2.79. The summed E-state index contributed by atoms with van der Waals surface area (Å²) < 4.78 is 11.9. The summed E-state index contributed by atoms with van der Waals surface area (Å²) in [6, 6.07) is 8.82. The molecule has 1 aromatic carbocycles. The number of amides is 1. The molecule has 2 heterocycles. The van der Waals surface area contributed by atoms with Crippen LogP contribution in [0.2, 0.25) is 0 Å². The van der Waals surface area contributed by atoms with E-state index in [1.807, 2.05) is 25.1 Å². The van der Waals surface area contributed by atoms with Crippen molar-refractivity contribution in [1.29, 1.82) is 0 Å². The second-order valence-corrected chi connectivity index (χ2v) is 5.13. The summed E-state index contributed by atoms with van der Waals surface area (Å²) in [5.41, 5.74) is 1.61. The van der Waals surface area contributed by atoms with Crippen LogP contribution in [-0.2, 0) is 17.9 Å². The Bertz CT molecular complexity index is 767. The van der Waals surface area contributed by atoms with Crippen molar-refractivity contribution in [2.75, 3.05) is 6.79 Å². The standard InChI is InChI=1S/C16H16N2O4/c1-11-4-5-18(16(20)6-11)9-15(19)17-8-12-2-3-13-14(7-12)22-10-21-13/h2-7H,8-10H2,1H3,(H,17,19). The lowest BCUT2D eigenvalue weighted by molar-refractivity contribution is -0.121. The Hall–Kier alpha value is -2.76. The number of benzene rings is 1. The maximum Gasteiger partial charge on any atom is 0.251 e. The van der Waals surface area contributed by atoms with Gasteiger partial charge in [0.25, 0.3) is 5.56 Å². The number of carbonyl (C=O) groups is 1. The molecule has 1 N–H and O–H groups in total. The molecule has 0 unspecified atom stereocenters. The van der Waals surface area contributed by atoms with Gasteiger partial charge in [-0.15, -0.1) is 0 Å².